The van der Waals surface area contributed by atoms with Crippen molar-refractivity contribution in [3.05, 3.63) is 0 Å². The van der Waals surface area contributed by atoms with Crippen LogP contribution < -0.4 is 124 Å². The summed E-state index contributed by atoms with van der Waals surface area (Å²) in [6, 6.07) is 0. The summed E-state index contributed by atoms with van der Waals surface area (Å²) in [6.45, 7) is -5.71. The van der Waals surface area contributed by atoms with E-state index in [0.717, 1.165) is 4.90 Å². The highest BCUT2D eigenvalue weighted by atomic mass is 31.2. The molecule has 0 rings (SSSR count). The van der Waals surface area contributed by atoms with E-state index in [4.69, 9.17) is 0 Å². The molecule has 362 valence electrons. The molecule has 0 aromatic rings. The van der Waals surface area contributed by atoms with Crippen molar-refractivity contribution in [3.8, 4) is 0 Å². The van der Waals surface area contributed by atoms with Gasteiger partial charge in [-0.2, -0.15) is 0 Å². The molecule has 0 bridgehead atoms. The second kappa shape index (κ2) is 33.1. The number of hydrogen-bond acceptors (Lipinski definition) is 26. The molecule has 36 N–H and O–H groups in total. The number of hydrogen-bond donors (Lipinski definition) is 9. The topological polar surface area (TPSA) is 787 Å². The zero-order chi connectivity index (χ0) is 38.0. The first-order valence-electron chi connectivity index (χ1n) is 12.8. The van der Waals surface area contributed by atoms with Crippen molar-refractivity contribution >= 4 is 53.2 Å². The second-order valence-corrected chi connectivity index (χ2v) is 20.9. The highest BCUT2D eigenvalue weighted by Gasteiger charge is 2.18. The van der Waals surface area contributed by atoms with E-state index in [9.17, 15) is 100 Å². The van der Waals surface area contributed by atoms with Gasteiger partial charge in [-0.05, 0) is 0 Å². The molecular formula is C15H71N14O21P7. The highest BCUT2D eigenvalue weighted by molar-refractivity contribution is 7.50. The lowest BCUT2D eigenvalue weighted by molar-refractivity contribution is -0.321. The van der Waals surface area contributed by atoms with Crippen LogP contribution >= 0.6 is 53.2 Å². The van der Waals surface area contributed by atoms with Gasteiger partial charge in [-0.1, -0.05) is 53.2 Å². The fourth-order valence-corrected chi connectivity index (χ4v) is 9.54. The smallest absolute Gasteiger partial charge is 0.810 e. The molecule has 0 aromatic heterocycles. The third-order valence-electron chi connectivity index (χ3n) is 5.54. The molecule has 0 heterocycles. The minimum absolute atomic E-state index is 0. The molecule has 0 aliphatic rings. The Morgan fingerprint density at radius 1 is 0.228 bits per heavy atom. The molecular weight excluding hydrogens is 929 g/mol. The molecule has 57 heavy (non-hydrogen) atoms. The number of rotatable bonds is 26. The van der Waals surface area contributed by atoms with Crippen LogP contribution in [0.2, 0.25) is 0 Å². The van der Waals surface area contributed by atoms with Crippen LogP contribution in [0.15, 0.2) is 0 Å². The molecule has 0 saturated heterocycles. The molecule has 0 atom stereocenters. The minimum atomic E-state index is -5.47. The highest BCUT2D eigenvalue weighted by Crippen LogP contribution is 2.33. The molecule has 0 radical (unpaired) electrons. The minimum Gasteiger partial charge on any atom is -0.810 e. The molecule has 0 aliphatic heterocycles. The van der Waals surface area contributed by atoms with Gasteiger partial charge < -0.3 is 156 Å². The van der Waals surface area contributed by atoms with Crippen LogP contribution in [0.5, 0.6) is 0 Å². The third kappa shape index (κ3) is 54.5. The maximum Gasteiger partial charge on any atom is 1.00 e. The van der Waals surface area contributed by atoms with Gasteiger partial charge in [0.2, 0.25) is 0 Å². The van der Waals surface area contributed by atoms with Gasteiger partial charge >= 0.3 is 7.13 Å². The Labute approximate surface area is 337 Å². The van der Waals surface area contributed by atoms with E-state index in [1.165, 1.54) is 0 Å². The standard InChI is InChI=1S/C15H44N5O21P7.9H3N/c21-42(22,23)9-16(1-3-17(10-43(24,25)26)5-7-19(12-45(30,31)32)13-46(33,34)35)2-4-18(11-44(27,28)29)6-8-20(14-47(36,37)38)15-48(39,40)41;;;;;;;;;/h1-15H2,(H2,21,22,23)(H2,24,25,26)(H2,27,28,29)(H2,30,31,32)(H2,33,34,35)(H2,36,37,38)(H2,39,40,41);9*1H3. The van der Waals surface area contributed by atoms with Crippen LogP contribution in [0.4, 0.5) is 0 Å². The predicted molar refractivity (Wildman–Crippen MR) is 195 cm³/mol. The Kier molecular flexibility index (Phi) is 47.2. The first kappa shape index (κ1) is 81.3. The summed E-state index contributed by atoms with van der Waals surface area (Å²) in [5.41, 5.74) is 0. The summed E-state index contributed by atoms with van der Waals surface area (Å²) < 4.78 is 78.8. The largest absolute Gasteiger partial charge is 1.00 e. The Hall–Kier alpha value is 0.490. The summed E-state index contributed by atoms with van der Waals surface area (Å²) in [7, 11) is -38.3. The summed E-state index contributed by atoms with van der Waals surface area (Å²) in [5, 5.41) is 0. The molecule has 0 aliphatic carbocycles. The van der Waals surface area contributed by atoms with E-state index in [1.807, 2.05) is 0 Å². The van der Waals surface area contributed by atoms with Crippen LogP contribution in [-0.2, 0) is 32.0 Å². The maximum absolute atomic E-state index is 11.5. The van der Waals surface area contributed by atoms with E-state index >= 15 is 0 Å². The molecule has 35 nitrogen and oxygen atoms in total. The van der Waals surface area contributed by atoms with Gasteiger partial charge in [-0.3, -0.25) is 24.5 Å². The summed E-state index contributed by atoms with van der Waals surface area (Å²) in [4.78, 5) is 160. The Morgan fingerprint density at radius 3 is 0.421 bits per heavy atom. The molecule has 42 heteroatoms. The van der Waals surface area contributed by atoms with Crippen molar-refractivity contribution in [1.29, 1.82) is 0 Å². The van der Waals surface area contributed by atoms with Gasteiger partial charge in [0, 0.05) is 96.4 Å². The van der Waals surface area contributed by atoms with Crippen LogP contribution in [0, 0.1) is 0 Å². The van der Waals surface area contributed by atoms with Crippen LogP contribution in [0.3, 0.4) is 0 Å². The van der Waals surface area contributed by atoms with Crippen molar-refractivity contribution in [2.45, 2.75) is 0 Å². The molecule has 0 amide bonds. The Balaban J connectivity index is -0.000000121. The van der Waals surface area contributed by atoms with E-state index in [1.54, 1.807) is 0 Å². The number of quaternary nitrogens is 9. The maximum atomic E-state index is 11.5. The van der Waals surface area contributed by atoms with Crippen LogP contribution in [0.1, 0.15) is 7.13 Å². The van der Waals surface area contributed by atoms with Gasteiger partial charge in [0.25, 0.3) is 0 Å². The van der Waals surface area contributed by atoms with Crippen molar-refractivity contribution in [2.24, 2.45) is 0 Å². The van der Waals surface area contributed by atoms with E-state index in [0.29, 0.717) is 19.6 Å². The molecule has 0 fully saturated rings. The normalized spacial score (nSPS) is 12.4. The molecule has 0 aromatic carbocycles. The van der Waals surface area contributed by atoms with E-state index in [-0.39, 0.29) is 62.5 Å². The van der Waals surface area contributed by atoms with E-state index in [2.05, 4.69) is 0 Å². The van der Waals surface area contributed by atoms with E-state index < -0.39 is 150 Å². The van der Waals surface area contributed by atoms with Crippen molar-refractivity contribution in [3.63, 3.8) is 0 Å². The lowest BCUT2D eigenvalue weighted by Crippen LogP contribution is -2.47. The number of nitrogens with zero attached hydrogens (tertiary/aromatic N) is 5. The zero-order valence-corrected chi connectivity index (χ0v) is 39.8. The lowest BCUT2D eigenvalue weighted by atomic mass is 10.4. The van der Waals surface area contributed by atoms with Crippen molar-refractivity contribution in [1.82, 2.24) is 79.9 Å². The Morgan fingerprint density at radius 2 is 0.316 bits per heavy atom. The Bertz CT molecular complexity index is 1240. The summed E-state index contributed by atoms with van der Waals surface area (Å²) >= 11 is 0. The van der Waals surface area contributed by atoms with Crippen LogP contribution in [-0.4, -0.2) is 121 Å². The van der Waals surface area contributed by atoms with Crippen LogP contribution in [0.25, 0.3) is 0 Å². The average Bonchev–Trinajstić information content (AvgIpc) is 2.75. The monoisotopic (exact) mass is 1000 g/mol. The quantitative estimate of drug-likeness (QED) is 0.0363. The third-order valence-corrected chi connectivity index (χ3v) is 10.8. The SMILES string of the molecule is O=P([O-])([O-])CN(CCN(CCN(CP(=O)([O-])[O-])CP(=O)([O-])[O-])CP(=O)([O-])[O-])CCN(CCN(CP(=O)([O-])[O-])CP(=O)([O-])[O-])CP(=O)([O-])[O-].[H+].[H+].[H+].[H+].[H+].[NH4+].[NH4+].[NH4+].[NH4+].[NH4+].[NH4+].[NH4+].[NH4+].[NH4+]. The fourth-order valence-electron chi connectivity index (χ4n) is 3.98. The molecule has 0 unspecified atom stereocenters. The predicted octanol–water partition coefficient (Wildman–Crippen LogP) is -8.46. The fraction of sp³-hybridized carbons (Fsp3) is 1.00. The molecule has 0 spiro atoms. The first-order valence-corrected chi connectivity index (χ1v) is 24.9. The van der Waals surface area contributed by atoms with Gasteiger partial charge in [0.15, 0.2) is 0 Å². The average molecular weight is 1000 g/mol. The zero-order valence-electron chi connectivity index (χ0n) is 38.5. The summed E-state index contributed by atoms with van der Waals surface area (Å²) in [6.07, 6.45) is -10.1. The van der Waals surface area contributed by atoms with Crippen molar-refractivity contribution < 1.29 is 108 Å². The molecule has 0 saturated carbocycles. The van der Waals surface area contributed by atoms with Gasteiger partial charge in [0.1, 0.15) is 0 Å². The second-order valence-electron chi connectivity index (χ2n) is 10.4. The van der Waals surface area contributed by atoms with Crippen molar-refractivity contribution in [2.75, 3.05) is 96.4 Å². The van der Waals surface area contributed by atoms with Gasteiger partial charge in [-0.15, -0.1) is 0 Å². The van der Waals surface area contributed by atoms with Gasteiger partial charge in [-0.25, -0.2) is 0 Å². The summed E-state index contributed by atoms with van der Waals surface area (Å²) in [5.74, 6) is 0. The first-order chi connectivity index (χ1) is 21.1. The van der Waals surface area contributed by atoms with Gasteiger partial charge in [0.05, 0.1) is 0 Å². The lowest BCUT2D eigenvalue weighted by Gasteiger charge is -2.43.